The van der Waals surface area contributed by atoms with Gasteiger partial charge in [-0.15, -0.1) is 0 Å². The average molecular weight is 282 g/mol. The molecular formula is C11H17F3N2O3. The quantitative estimate of drug-likeness (QED) is 0.826. The van der Waals surface area contributed by atoms with Crippen LogP contribution in [0, 0.1) is 0 Å². The summed E-state index contributed by atoms with van der Waals surface area (Å²) in [5.74, 6) is 0. The summed E-state index contributed by atoms with van der Waals surface area (Å²) in [6, 6.07) is -0.705. The first-order chi connectivity index (χ1) is 8.96. The number of carbonyl (C=O) groups is 1. The van der Waals surface area contributed by atoms with Gasteiger partial charge in [-0.05, 0) is 12.8 Å². The highest BCUT2D eigenvalue weighted by atomic mass is 19.4. The van der Waals surface area contributed by atoms with E-state index in [2.05, 4.69) is 0 Å². The highest BCUT2D eigenvalue weighted by molar-refractivity contribution is 5.74. The summed E-state index contributed by atoms with van der Waals surface area (Å²) in [5.41, 5.74) is 0. The molecule has 0 radical (unpaired) electrons. The first-order valence-corrected chi connectivity index (χ1v) is 6.28. The Kier molecular flexibility index (Phi) is 4.51. The molecule has 0 aromatic rings. The molecule has 2 fully saturated rings. The summed E-state index contributed by atoms with van der Waals surface area (Å²) in [6.45, 7) is 0.254. The van der Waals surface area contributed by atoms with Crippen molar-refractivity contribution in [1.82, 2.24) is 10.2 Å². The minimum absolute atomic E-state index is 0.0572. The number of urea groups is 1. The van der Waals surface area contributed by atoms with Gasteiger partial charge in [0.05, 0.1) is 19.3 Å². The third kappa shape index (κ3) is 4.24. The second kappa shape index (κ2) is 5.96. The maximum Gasteiger partial charge on any atom is 0.405 e. The molecule has 0 spiro atoms. The molecule has 0 aliphatic carbocycles. The Labute approximate surface area is 109 Å². The van der Waals surface area contributed by atoms with Gasteiger partial charge in [-0.3, -0.25) is 0 Å². The average Bonchev–Trinajstić information content (AvgIpc) is 2.89. The van der Waals surface area contributed by atoms with Crippen LogP contribution in [0.25, 0.3) is 0 Å². The van der Waals surface area contributed by atoms with Crippen LogP contribution in [0.5, 0.6) is 0 Å². The summed E-state index contributed by atoms with van der Waals surface area (Å²) >= 11 is 0. The number of carbonyl (C=O) groups excluding carboxylic acids is 1. The number of alkyl halides is 3. The lowest BCUT2D eigenvalue weighted by Gasteiger charge is -2.35. The molecule has 2 amide bonds. The maximum atomic E-state index is 12.0. The van der Waals surface area contributed by atoms with Gasteiger partial charge in [0.2, 0.25) is 0 Å². The molecule has 2 heterocycles. The molecule has 8 heteroatoms. The van der Waals surface area contributed by atoms with Gasteiger partial charge >= 0.3 is 12.2 Å². The van der Waals surface area contributed by atoms with Gasteiger partial charge in [0, 0.05) is 13.2 Å². The summed E-state index contributed by atoms with van der Waals surface area (Å²) in [6.07, 6.45) is -2.88. The van der Waals surface area contributed by atoms with Gasteiger partial charge in [-0.25, -0.2) is 4.79 Å². The standard InChI is InChI=1S/C11H17F3N2O3/c12-11(13,14)7-15-10(17)16-3-5-19-9(6-16)8-2-1-4-18-8/h8-9H,1-7H2,(H,15,17)/t8-,9-/m0/s1. The van der Waals surface area contributed by atoms with E-state index in [0.29, 0.717) is 19.8 Å². The van der Waals surface area contributed by atoms with Crippen molar-refractivity contribution in [1.29, 1.82) is 0 Å². The zero-order chi connectivity index (χ0) is 13.9. The van der Waals surface area contributed by atoms with Crippen LogP contribution in [0.2, 0.25) is 0 Å². The Morgan fingerprint density at radius 2 is 2.00 bits per heavy atom. The van der Waals surface area contributed by atoms with Crippen molar-refractivity contribution < 1.29 is 27.4 Å². The Balaban J connectivity index is 1.81. The first-order valence-electron chi connectivity index (χ1n) is 6.28. The van der Waals surface area contributed by atoms with Crippen molar-refractivity contribution in [2.24, 2.45) is 0 Å². The number of rotatable bonds is 2. The highest BCUT2D eigenvalue weighted by Gasteiger charge is 2.34. The van der Waals surface area contributed by atoms with Crippen LogP contribution in [0.1, 0.15) is 12.8 Å². The Morgan fingerprint density at radius 3 is 2.63 bits per heavy atom. The predicted octanol–water partition coefficient (Wildman–Crippen LogP) is 1.14. The van der Waals surface area contributed by atoms with Gasteiger partial charge in [-0.1, -0.05) is 0 Å². The Morgan fingerprint density at radius 1 is 1.26 bits per heavy atom. The topological polar surface area (TPSA) is 50.8 Å². The number of morpholine rings is 1. The van der Waals surface area contributed by atoms with Crippen molar-refractivity contribution in [3.8, 4) is 0 Å². The number of hydrogen-bond acceptors (Lipinski definition) is 3. The predicted molar refractivity (Wildman–Crippen MR) is 59.7 cm³/mol. The van der Waals surface area contributed by atoms with Gasteiger partial charge in [0.15, 0.2) is 0 Å². The van der Waals surface area contributed by atoms with Crippen LogP contribution < -0.4 is 5.32 Å². The number of ether oxygens (including phenoxy) is 2. The lowest BCUT2D eigenvalue weighted by molar-refractivity contribution is -0.124. The molecule has 19 heavy (non-hydrogen) atoms. The number of nitrogens with one attached hydrogen (secondary N) is 1. The Hall–Kier alpha value is -1.02. The lowest BCUT2D eigenvalue weighted by Crippen LogP contribution is -2.53. The molecule has 0 aromatic carbocycles. The molecule has 0 bridgehead atoms. The van der Waals surface area contributed by atoms with E-state index >= 15 is 0 Å². The van der Waals surface area contributed by atoms with E-state index in [9.17, 15) is 18.0 Å². The summed E-state index contributed by atoms with van der Waals surface area (Å²) in [5, 5.41) is 1.87. The number of hydrogen-bond donors (Lipinski definition) is 1. The van der Waals surface area contributed by atoms with Gasteiger partial charge in [-0.2, -0.15) is 13.2 Å². The monoisotopic (exact) mass is 282 g/mol. The second-order valence-corrected chi connectivity index (χ2v) is 4.68. The first kappa shape index (κ1) is 14.4. The molecule has 1 N–H and O–H groups in total. The zero-order valence-corrected chi connectivity index (χ0v) is 10.4. The van der Waals surface area contributed by atoms with Crippen LogP contribution in [0.15, 0.2) is 0 Å². The molecule has 0 saturated carbocycles. The van der Waals surface area contributed by atoms with Crippen molar-refractivity contribution in [2.45, 2.75) is 31.2 Å². The van der Waals surface area contributed by atoms with Crippen LogP contribution in [0.4, 0.5) is 18.0 Å². The van der Waals surface area contributed by atoms with E-state index < -0.39 is 18.8 Å². The molecule has 2 rings (SSSR count). The minimum Gasteiger partial charge on any atom is -0.375 e. The molecule has 2 aliphatic heterocycles. The third-order valence-corrected chi connectivity index (χ3v) is 3.20. The highest BCUT2D eigenvalue weighted by Crippen LogP contribution is 2.21. The van der Waals surface area contributed by atoms with Gasteiger partial charge in [0.25, 0.3) is 0 Å². The van der Waals surface area contributed by atoms with E-state index in [1.165, 1.54) is 4.90 Å². The van der Waals surface area contributed by atoms with E-state index in [4.69, 9.17) is 9.47 Å². The van der Waals surface area contributed by atoms with Crippen LogP contribution in [0.3, 0.4) is 0 Å². The smallest absolute Gasteiger partial charge is 0.375 e. The molecule has 0 aromatic heterocycles. The van der Waals surface area contributed by atoms with E-state index in [0.717, 1.165) is 12.8 Å². The molecule has 2 atom stereocenters. The van der Waals surface area contributed by atoms with Crippen molar-refractivity contribution in [2.75, 3.05) is 32.8 Å². The number of amides is 2. The van der Waals surface area contributed by atoms with Crippen LogP contribution >= 0.6 is 0 Å². The molecule has 0 unspecified atom stereocenters. The fourth-order valence-electron chi connectivity index (χ4n) is 2.27. The maximum absolute atomic E-state index is 12.0. The number of nitrogens with zero attached hydrogens (tertiary/aromatic N) is 1. The van der Waals surface area contributed by atoms with Gasteiger partial charge in [0.1, 0.15) is 12.6 Å². The normalized spacial score (nSPS) is 28.5. The fraction of sp³-hybridized carbons (Fsp3) is 0.909. The van der Waals surface area contributed by atoms with E-state index in [-0.39, 0.29) is 18.8 Å². The zero-order valence-electron chi connectivity index (χ0n) is 10.4. The molecule has 110 valence electrons. The SMILES string of the molecule is O=C(NCC(F)(F)F)N1CCO[C@H]([C@@H]2CCCO2)C1. The third-order valence-electron chi connectivity index (χ3n) is 3.20. The molecule has 5 nitrogen and oxygen atoms in total. The largest absolute Gasteiger partial charge is 0.405 e. The van der Waals surface area contributed by atoms with Crippen molar-refractivity contribution in [3.63, 3.8) is 0 Å². The summed E-state index contributed by atoms with van der Waals surface area (Å²) in [7, 11) is 0. The molecule has 2 aliphatic rings. The van der Waals surface area contributed by atoms with Crippen molar-refractivity contribution >= 4 is 6.03 Å². The lowest BCUT2D eigenvalue weighted by atomic mass is 10.1. The van der Waals surface area contributed by atoms with Gasteiger partial charge < -0.3 is 19.7 Å². The molecule has 2 saturated heterocycles. The molecular weight excluding hydrogens is 265 g/mol. The van der Waals surface area contributed by atoms with Crippen LogP contribution in [-0.2, 0) is 9.47 Å². The van der Waals surface area contributed by atoms with Crippen LogP contribution in [-0.4, -0.2) is 62.2 Å². The summed E-state index contributed by atoms with van der Waals surface area (Å²) in [4.78, 5) is 13.0. The van der Waals surface area contributed by atoms with E-state index in [1.807, 2.05) is 5.32 Å². The van der Waals surface area contributed by atoms with Crippen molar-refractivity contribution in [3.05, 3.63) is 0 Å². The number of halogens is 3. The fourth-order valence-corrected chi connectivity index (χ4v) is 2.27. The minimum atomic E-state index is -4.39. The Bertz CT molecular complexity index is 319. The summed E-state index contributed by atoms with van der Waals surface area (Å²) < 4.78 is 47.1. The van der Waals surface area contributed by atoms with E-state index in [1.54, 1.807) is 0 Å². The second-order valence-electron chi connectivity index (χ2n) is 4.68.